The highest BCUT2D eigenvalue weighted by molar-refractivity contribution is 6.30. The largest absolute Gasteiger partial charge is 0.399 e. The van der Waals surface area contributed by atoms with E-state index < -0.39 is 0 Å². The maximum Gasteiger partial charge on any atom is 0.0412 e. The van der Waals surface area contributed by atoms with E-state index in [1.807, 2.05) is 31.2 Å². The Morgan fingerprint density at radius 2 is 2.07 bits per heavy atom. The molecule has 0 heterocycles. The van der Waals surface area contributed by atoms with Crippen LogP contribution in [0.3, 0.4) is 0 Å². The molecule has 0 aromatic heterocycles. The Morgan fingerprint density at radius 1 is 1.43 bits per heavy atom. The van der Waals surface area contributed by atoms with Crippen LogP contribution in [0.15, 0.2) is 24.3 Å². The summed E-state index contributed by atoms with van der Waals surface area (Å²) in [7, 11) is 0. The summed E-state index contributed by atoms with van der Waals surface area (Å²) in [6.07, 6.45) is 1.90. The summed E-state index contributed by atoms with van der Waals surface area (Å²) in [5.74, 6) is 0.459. The van der Waals surface area contributed by atoms with Crippen LogP contribution >= 0.6 is 11.6 Å². The third-order valence-electron chi connectivity index (χ3n) is 2.26. The Labute approximate surface area is 90.6 Å². The number of halogens is 1. The molecule has 76 valence electrons. The first kappa shape index (κ1) is 11.1. The predicted molar refractivity (Wildman–Crippen MR) is 63.4 cm³/mol. The lowest BCUT2D eigenvalue weighted by molar-refractivity contribution is 0.862. The summed E-state index contributed by atoms with van der Waals surface area (Å²) >= 11 is 5.94. The molecule has 0 aliphatic heterocycles. The number of hydrogen-bond donors (Lipinski definition) is 1. The van der Waals surface area contributed by atoms with Gasteiger partial charge in [-0.15, -0.1) is 0 Å². The van der Waals surface area contributed by atoms with Gasteiger partial charge in [0.05, 0.1) is 0 Å². The molecule has 2 N–H and O–H groups in total. The van der Waals surface area contributed by atoms with Crippen LogP contribution in [0, 0.1) is 0 Å². The van der Waals surface area contributed by atoms with E-state index in [-0.39, 0.29) is 0 Å². The van der Waals surface area contributed by atoms with Crippen molar-refractivity contribution >= 4 is 17.3 Å². The van der Waals surface area contributed by atoms with Crippen LogP contribution in [0.25, 0.3) is 5.70 Å². The van der Waals surface area contributed by atoms with Gasteiger partial charge in [-0.1, -0.05) is 37.6 Å². The number of hydrogen-bond acceptors (Lipinski definition) is 1. The van der Waals surface area contributed by atoms with Gasteiger partial charge in [0.25, 0.3) is 0 Å². The Balaban J connectivity index is 3.30. The quantitative estimate of drug-likeness (QED) is 0.788. The third-order valence-corrected chi connectivity index (χ3v) is 2.49. The molecule has 14 heavy (non-hydrogen) atoms. The van der Waals surface area contributed by atoms with E-state index in [2.05, 4.69) is 13.8 Å². The molecule has 0 aliphatic rings. The van der Waals surface area contributed by atoms with Crippen LogP contribution in [0.2, 0.25) is 5.02 Å². The van der Waals surface area contributed by atoms with Gasteiger partial charge >= 0.3 is 0 Å². The number of nitrogens with two attached hydrogens (primary N) is 1. The smallest absolute Gasteiger partial charge is 0.0412 e. The zero-order valence-electron chi connectivity index (χ0n) is 8.84. The predicted octanol–water partition coefficient (Wildman–Crippen LogP) is 3.78. The van der Waals surface area contributed by atoms with Crippen LogP contribution in [-0.2, 0) is 0 Å². The minimum Gasteiger partial charge on any atom is -0.399 e. The van der Waals surface area contributed by atoms with Crippen molar-refractivity contribution in [2.45, 2.75) is 26.7 Å². The standard InChI is InChI=1S/C12H16ClN/c1-4-12(14)11-7-9(13)5-6-10(11)8(2)3/h4-8H,14H2,1-3H3/b12-4-. The summed E-state index contributed by atoms with van der Waals surface area (Å²) in [6.45, 7) is 6.23. The maximum absolute atomic E-state index is 5.94. The minimum atomic E-state index is 0.459. The lowest BCUT2D eigenvalue weighted by Crippen LogP contribution is -2.02. The molecule has 0 fully saturated rings. The Kier molecular flexibility index (Phi) is 3.59. The SMILES string of the molecule is C/C=C(\N)c1cc(Cl)ccc1C(C)C. The van der Waals surface area contributed by atoms with Crippen LogP contribution in [0.4, 0.5) is 0 Å². The van der Waals surface area contributed by atoms with Crippen LogP contribution in [-0.4, -0.2) is 0 Å². The van der Waals surface area contributed by atoms with Gasteiger partial charge in [-0.25, -0.2) is 0 Å². The van der Waals surface area contributed by atoms with Crippen molar-refractivity contribution in [2.75, 3.05) is 0 Å². The Hall–Kier alpha value is -0.950. The number of allylic oxidation sites excluding steroid dienone is 1. The van der Waals surface area contributed by atoms with Gasteiger partial charge < -0.3 is 5.73 Å². The molecule has 0 atom stereocenters. The van der Waals surface area contributed by atoms with Crippen molar-refractivity contribution in [1.82, 2.24) is 0 Å². The average molecular weight is 210 g/mol. The Morgan fingerprint density at radius 3 is 2.57 bits per heavy atom. The second kappa shape index (κ2) is 4.52. The van der Waals surface area contributed by atoms with E-state index in [9.17, 15) is 0 Å². The highest BCUT2D eigenvalue weighted by Gasteiger charge is 2.08. The fourth-order valence-electron chi connectivity index (χ4n) is 1.44. The van der Waals surface area contributed by atoms with Gasteiger partial charge in [0.1, 0.15) is 0 Å². The molecule has 0 aliphatic carbocycles. The van der Waals surface area contributed by atoms with Gasteiger partial charge in [-0.2, -0.15) is 0 Å². The molecule has 1 rings (SSSR count). The van der Waals surface area contributed by atoms with Crippen LogP contribution in [0.5, 0.6) is 0 Å². The van der Waals surface area contributed by atoms with E-state index in [4.69, 9.17) is 17.3 Å². The molecule has 0 bridgehead atoms. The first-order valence-electron chi connectivity index (χ1n) is 4.78. The first-order chi connectivity index (χ1) is 6.56. The summed E-state index contributed by atoms with van der Waals surface area (Å²) in [5, 5.41) is 0.731. The molecule has 0 radical (unpaired) electrons. The molecule has 0 spiro atoms. The topological polar surface area (TPSA) is 26.0 Å². The van der Waals surface area contributed by atoms with Crippen molar-refractivity contribution < 1.29 is 0 Å². The highest BCUT2D eigenvalue weighted by Crippen LogP contribution is 2.26. The lowest BCUT2D eigenvalue weighted by Gasteiger charge is -2.13. The van der Waals surface area contributed by atoms with Crippen LogP contribution < -0.4 is 5.73 Å². The molecular formula is C12H16ClN. The zero-order chi connectivity index (χ0) is 10.7. The summed E-state index contributed by atoms with van der Waals surface area (Å²) in [6, 6.07) is 5.87. The molecule has 2 heteroatoms. The van der Waals surface area contributed by atoms with E-state index in [0.29, 0.717) is 5.92 Å². The fraction of sp³-hybridized carbons (Fsp3) is 0.333. The summed E-state index contributed by atoms with van der Waals surface area (Å²) in [4.78, 5) is 0. The third kappa shape index (κ3) is 2.30. The second-order valence-corrected chi connectivity index (χ2v) is 4.07. The van der Waals surface area contributed by atoms with Gasteiger partial charge in [0.2, 0.25) is 0 Å². The van der Waals surface area contributed by atoms with Crippen molar-refractivity contribution in [3.63, 3.8) is 0 Å². The van der Waals surface area contributed by atoms with Crippen molar-refractivity contribution in [3.05, 3.63) is 40.4 Å². The molecule has 0 saturated carbocycles. The fourth-order valence-corrected chi connectivity index (χ4v) is 1.61. The molecule has 1 nitrogen and oxygen atoms in total. The lowest BCUT2D eigenvalue weighted by atomic mass is 9.95. The van der Waals surface area contributed by atoms with Gasteiger partial charge in [-0.05, 0) is 30.5 Å². The van der Waals surface area contributed by atoms with Crippen molar-refractivity contribution in [3.8, 4) is 0 Å². The van der Waals surface area contributed by atoms with E-state index in [0.717, 1.165) is 16.3 Å². The normalized spacial score (nSPS) is 12.2. The monoisotopic (exact) mass is 209 g/mol. The van der Waals surface area contributed by atoms with Crippen molar-refractivity contribution in [1.29, 1.82) is 0 Å². The van der Waals surface area contributed by atoms with Gasteiger partial charge in [-0.3, -0.25) is 0 Å². The zero-order valence-corrected chi connectivity index (χ0v) is 9.60. The van der Waals surface area contributed by atoms with E-state index >= 15 is 0 Å². The maximum atomic E-state index is 5.94. The molecule has 1 aromatic carbocycles. The van der Waals surface area contributed by atoms with Gasteiger partial charge in [0, 0.05) is 16.3 Å². The number of benzene rings is 1. The molecule has 1 aromatic rings. The average Bonchev–Trinajstić information content (AvgIpc) is 2.16. The van der Waals surface area contributed by atoms with Gasteiger partial charge in [0.15, 0.2) is 0 Å². The highest BCUT2D eigenvalue weighted by atomic mass is 35.5. The second-order valence-electron chi connectivity index (χ2n) is 3.63. The van der Waals surface area contributed by atoms with E-state index in [1.54, 1.807) is 0 Å². The first-order valence-corrected chi connectivity index (χ1v) is 5.15. The molecular weight excluding hydrogens is 194 g/mol. The van der Waals surface area contributed by atoms with E-state index in [1.165, 1.54) is 5.56 Å². The summed E-state index contributed by atoms with van der Waals surface area (Å²) < 4.78 is 0. The molecule has 0 saturated heterocycles. The molecule has 0 unspecified atom stereocenters. The van der Waals surface area contributed by atoms with Crippen LogP contribution in [0.1, 0.15) is 37.8 Å². The van der Waals surface area contributed by atoms with Crippen molar-refractivity contribution in [2.24, 2.45) is 5.73 Å². The molecule has 0 amide bonds. The number of rotatable bonds is 2. The summed E-state index contributed by atoms with van der Waals surface area (Å²) in [5.41, 5.74) is 8.98. The minimum absolute atomic E-state index is 0.459. The Bertz CT molecular complexity index is 353.